The predicted molar refractivity (Wildman–Crippen MR) is 75.7 cm³/mol. The molecule has 104 valence electrons. The number of nitrogens with zero attached hydrogens (tertiary/aromatic N) is 2. The van der Waals surface area contributed by atoms with Crippen LogP contribution < -0.4 is 10.6 Å². The number of aromatic amines is 1. The number of rotatable bonds is 4. The molecule has 6 heteroatoms. The fourth-order valence-corrected chi connectivity index (χ4v) is 2.29. The summed E-state index contributed by atoms with van der Waals surface area (Å²) in [6.07, 6.45) is 6.10. The van der Waals surface area contributed by atoms with E-state index in [4.69, 9.17) is 0 Å². The first-order valence-corrected chi connectivity index (χ1v) is 6.83. The Bertz CT molecular complexity index is 593. The first-order valence-electron chi connectivity index (χ1n) is 6.83. The van der Waals surface area contributed by atoms with Crippen molar-refractivity contribution < 1.29 is 4.79 Å². The van der Waals surface area contributed by atoms with Crippen LogP contribution in [0.15, 0.2) is 24.5 Å². The van der Waals surface area contributed by atoms with Crippen molar-refractivity contribution >= 4 is 11.6 Å². The van der Waals surface area contributed by atoms with E-state index in [-0.39, 0.29) is 5.91 Å². The van der Waals surface area contributed by atoms with Gasteiger partial charge in [0.2, 0.25) is 0 Å². The maximum atomic E-state index is 11.8. The molecule has 3 N–H and O–H groups in total. The van der Waals surface area contributed by atoms with Crippen molar-refractivity contribution in [2.24, 2.45) is 0 Å². The van der Waals surface area contributed by atoms with Crippen LogP contribution in [0.2, 0.25) is 0 Å². The average molecular weight is 271 g/mol. The number of anilines is 1. The second kappa shape index (κ2) is 5.73. The van der Waals surface area contributed by atoms with Crippen molar-refractivity contribution in [2.45, 2.75) is 19.3 Å². The molecule has 0 saturated heterocycles. The third-order valence-corrected chi connectivity index (χ3v) is 3.28. The highest BCUT2D eigenvalue weighted by molar-refractivity contribution is 5.93. The van der Waals surface area contributed by atoms with Gasteiger partial charge in [0, 0.05) is 37.6 Å². The van der Waals surface area contributed by atoms with E-state index in [0.717, 1.165) is 49.6 Å². The minimum Gasteiger partial charge on any atom is -0.383 e. The fraction of sp³-hybridized carbons (Fsp3) is 0.357. The van der Waals surface area contributed by atoms with E-state index in [1.165, 1.54) is 0 Å². The molecular weight excluding hydrogens is 254 g/mol. The van der Waals surface area contributed by atoms with Crippen LogP contribution in [0.4, 0.5) is 5.69 Å². The van der Waals surface area contributed by atoms with Crippen LogP contribution in [0.1, 0.15) is 28.4 Å². The summed E-state index contributed by atoms with van der Waals surface area (Å²) in [7, 11) is 0. The molecule has 0 saturated carbocycles. The summed E-state index contributed by atoms with van der Waals surface area (Å²) < 4.78 is 0. The Morgan fingerprint density at radius 3 is 3.20 bits per heavy atom. The molecule has 2 aromatic heterocycles. The number of carbonyl (C=O) groups is 1. The van der Waals surface area contributed by atoms with Gasteiger partial charge in [-0.05, 0) is 25.0 Å². The molecule has 2 aromatic rings. The van der Waals surface area contributed by atoms with E-state index in [0.29, 0.717) is 5.69 Å². The van der Waals surface area contributed by atoms with Crippen molar-refractivity contribution in [1.82, 2.24) is 20.3 Å². The molecule has 3 rings (SSSR count). The molecule has 1 aliphatic rings. The quantitative estimate of drug-likeness (QED) is 0.778. The summed E-state index contributed by atoms with van der Waals surface area (Å²) in [5, 5.41) is 6.12. The number of hydrogen-bond acceptors (Lipinski definition) is 4. The number of nitrogens with one attached hydrogen (secondary N) is 3. The number of H-pyrrole nitrogens is 1. The molecule has 0 unspecified atom stereocenters. The molecule has 0 spiro atoms. The van der Waals surface area contributed by atoms with Gasteiger partial charge in [0.25, 0.3) is 5.91 Å². The lowest BCUT2D eigenvalue weighted by molar-refractivity contribution is 0.0951. The zero-order valence-electron chi connectivity index (χ0n) is 11.1. The topological polar surface area (TPSA) is 82.7 Å². The number of aromatic nitrogens is 3. The van der Waals surface area contributed by atoms with Gasteiger partial charge in [0.15, 0.2) is 0 Å². The predicted octanol–water partition coefficient (Wildman–Crippen LogP) is 1.14. The molecule has 0 aromatic carbocycles. The van der Waals surface area contributed by atoms with Crippen LogP contribution in [0.25, 0.3) is 0 Å². The van der Waals surface area contributed by atoms with Gasteiger partial charge in [0.05, 0.1) is 5.69 Å². The van der Waals surface area contributed by atoms with E-state index >= 15 is 0 Å². The zero-order valence-corrected chi connectivity index (χ0v) is 11.1. The van der Waals surface area contributed by atoms with Gasteiger partial charge in [-0.3, -0.25) is 9.78 Å². The number of fused-ring (bicyclic) bond motifs is 1. The minimum absolute atomic E-state index is 0.0692. The number of pyridine rings is 1. The smallest absolute Gasteiger partial charge is 0.271 e. The largest absolute Gasteiger partial charge is 0.383 e. The number of hydrogen-bond donors (Lipinski definition) is 3. The summed E-state index contributed by atoms with van der Waals surface area (Å²) in [5.74, 6) is 0.781. The maximum absolute atomic E-state index is 11.8. The standard InChI is InChI=1S/C14H17N5O/c20-14-13-11(4-2-7-17-14)18-12(19-13)5-8-16-10-3-1-6-15-9-10/h1,3,6,9,16H,2,4-5,7-8H2,(H,17,20)(H,18,19). The fourth-order valence-electron chi connectivity index (χ4n) is 2.29. The van der Waals surface area contributed by atoms with Gasteiger partial charge in [-0.2, -0.15) is 0 Å². The first kappa shape index (κ1) is 12.7. The van der Waals surface area contributed by atoms with E-state index in [1.54, 1.807) is 12.4 Å². The van der Waals surface area contributed by atoms with E-state index in [9.17, 15) is 4.79 Å². The third-order valence-electron chi connectivity index (χ3n) is 3.28. The van der Waals surface area contributed by atoms with Crippen LogP contribution in [0.5, 0.6) is 0 Å². The van der Waals surface area contributed by atoms with Crippen LogP contribution >= 0.6 is 0 Å². The summed E-state index contributed by atoms with van der Waals surface area (Å²) in [6, 6.07) is 3.86. The van der Waals surface area contributed by atoms with Crippen LogP contribution in [0.3, 0.4) is 0 Å². The molecule has 0 fully saturated rings. The van der Waals surface area contributed by atoms with Crippen molar-refractivity contribution in [2.75, 3.05) is 18.4 Å². The molecule has 0 bridgehead atoms. The van der Waals surface area contributed by atoms with E-state index in [2.05, 4.69) is 25.6 Å². The molecule has 1 aliphatic heterocycles. The lowest BCUT2D eigenvalue weighted by atomic mass is 10.2. The third kappa shape index (κ3) is 2.79. The Morgan fingerprint density at radius 1 is 1.40 bits per heavy atom. The van der Waals surface area contributed by atoms with Crippen LogP contribution in [-0.2, 0) is 12.8 Å². The van der Waals surface area contributed by atoms with Crippen molar-refractivity contribution in [1.29, 1.82) is 0 Å². The average Bonchev–Trinajstić information content (AvgIpc) is 2.80. The Balaban J connectivity index is 1.61. The molecule has 3 heterocycles. The highest BCUT2D eigenvalue weighted by Crippen LogP contribution is 2.12. The Hall–Kier alpha value is -2.37. The Morgan fingerprint density at radius 2 is 2.35 bits per heavy atom. The molecule has 0 atom stereocenters. The minimum atomic E-state index is -0.0692. The van der Waals surface area contributed by atoms with Crippen LogP contribution in [0, 0.1) is 0 Å². The second-order valence-electron chi connectivity index (χ2n) is 4.79. The zero-order chi connectivity index (χ0) is 13.8. The number of carbonyl (C=O) groups excluding carboxylic acids is 1. The molecule has 20 heavy (non-hydrogen) atoms. The second-order valence-corrected chi connectivity index (χ2v) is 4.79. The van der Waals surface area contributed by atoms with Crippen molar-refractivity contribution in [3.05, 3.63) is 41.7 Å². The van der Waals surface area contributed by atoms with Gasteiger partial charge in [0.1, 0.15) is 11.5 Å². The highest BCUT2D eigenvalue weighted by atomic mass is 16.1. The molecule has 0 aliphatic carbocycles. The number of aryl methyl sites for hydroxylation is 1. The lowest BCUT2D eigenvalue weighted by Gasteiger charge is -2.03. The first-order chi connectivity index (χ1) is 9.83. The van der Waals surface area contributed by atoms with Crippen molar-refractivity contribution in [3.63, 3.8) is 0 Å². The summed E-state index contributed by atoms with van der Waals surface area (Å²) in [6.45, 7) is 1.47. The van der Waals surface area contributed by atoms with Gasteiger partial charge >= 0.3 is 0 Å². The number of imidazole rings is 1. The maximum Gasteiger partial charge on any atom is 0.271 e. The molecule has 6 nitrogen and oxygen atoms in total. The van der Waals surface area contributed by atoms with E-state index < -0.39 is 0 Å². The molecular formula is C14H17N5O. The summed E-state index contributed by atoms with van der Waals surface area (Å²) in [5.41, 5.74) is 2.49. The van der Waals surface area contributed by atoms with E-state index in [1.807, 2.05) is 12.1 Å². The highest BCUT2D eigenvalue weighted by Gasteiger charge is 2.19. The lowest BCUT2D eigenvalue weighted by Crippen LogP contribution is -2.23. The van der Waals surface area contributed by atoms with Crippen molar-refractivity contribution in [3.8, 4) is 0 Å². The number of amides is 1. The Kier molecular flexibility index (Phi) is 3.62. The van der Waals surface area contributed by atoms with Gasteiger partial charge in [-0.15, -0.1) is 0 Å². The Labute approximate surface area is 117 Å². The monoisotopic (exact) mass is 271 g/mol. The normalized spacial score (nSPS) is 14.3. The van der Waals surface area contributed by atoms with Gasteiger partial charge in [-0.25, -0.2) is 4.98 Å². The molecule has 0 radical (unpaired) electrons. The summed E-state index contributed by atoms with van der Waals surface area (Å²) >= 11 is 0. The van der Waals surface area contributed by atoms with Gasteiger partial charge < -0.3 is 15.6 Å². The van der Waals surface area contributed by atoms with Crippen LogP contribution in [-0.4, -0.2) is 33.9 Å². The molecule has 1 amide bonds. The summed E-state index contributed by atoms with van der Waals surface area (Å²) in [4.78, 5) is 23.5. The SMILES string of the molecule is O=C1NCCCc2[nH]c(CCNc3cccnc3)nc21. The van der Waals surface area contributed by atoms with Gasteiger partial charge in [-0.1, -0.05) is 0 Å².